The van der Waals surface area contributed by atoms with Gasteiger partial charge in [-0.05, 0) is 38.3 Å². The van der Waals surface area contributed by atoms with E-state index in [2.05, 4.69) is 4.74 Å². The third kappa shape index (κ3) is 5.25. The largest absolute Gasteiger partial charge is 0.517 e. The molecule has 2 atom stereocenters. The Morgan fingerprint density at radius 2 is 1.89 bits per heavy atom. The molecule has 1 heterocycles. The molecular weight excluding hydrogens is 493 g/mol. The van der Waals surface area contributed by atoms with Gasteiger partial charge in [0.25, 0.3) is 0 Å². The minimum atomic E-state index is -6.14. The lowest BCUT2D eigenvalue weighted by molar-refractivity contribution is -0.0438. The van der Waals surface area contributed by atoms with E-state index in [-0.39, 0.29) is 36.3 Å². The van der Waals surface area contributed by atoms with Crippen molar-refractivity contribution in [3.8, 4) is 0 Å². The number of alkyl halides is 3. The Morgan fingerprint density at radius 1 is 1.23 bits per heavy atom. The summed E-state index contributed by atoms with van der Waals surface area (Å²) < 4.78 is 81.5. The van der Waals surface area contributed by atoms with Gasteiger partial charge in [-0.1, -0.05) is 31.0 Å². The molecule has 1 fully saturated rings. The first kappa shape index (κ1) is 26.8. The first-order chi connectivity index (χ1) is 16.4. The maximum absolute atomic E-state index is 13.4. The fraction of sp³-hybridized carbons (Fsp3) is 0.545. The van der Waals surface area contributed by atoms with Crippen molar-refractivity contribution in [1.82, 2.24) is 4.74 Å². The average Bonchev–Trinajstić information content (AvgIpc) is 3.07. The minimum absolute atomic E-state index is 0.00605. The summed E-state index contributed by atoms with van der Waals surface area (Å²) in [5.74, 6) is 0. The van der Waals surface area contributed by atoms with E-state index in [1.54, 1.807) is 14.0 Å². The van der Waals surface area contributed by atoms with Crippen LogP contribution in [0.2, 0.25) is 0 Å². The van der Waals surface area contributed by atoms with Crippen LogP contribution in [0.5, 0.6) is 0 Å². The van der Waals surface area contributed by atoms with E-state index in [4.69, 9.17) is 9.26 Å². The van der Waals surface area contributed by atoms with Gasteiger partial charge in [-0.2, -0.15) is 25.9 Å². The lowest BCUT2D eigenvalue weighted by Crippen LogP contribution is -2.45. The first-order valence-electron chi connectivity index (χ1n) is 11.0. The number of rotatable bonds is 7. The van der Waals surface area contributed by atoms with E-state index in [0.29, 0.717) is 12.1 Å². The number of hydrogen-bond acceptors (Lipinski definition) is 7. The number of aromatic nitrogens is 1. The predicted molar refractivity (Wildman–Crippen MR) is 120 cm³/mol. The molecule has 0 radical (unpaired) electrons. The lowest BCUT2D eigenvalue weighted by Gasteiger charge is -2.30. The number of sulfonamides is 1. The quantitative estimate of drug-likeness (QED) is 0.536. The van der Waals surface area contributed by atoms with Crippen molar-refractivity contribution in [3.63, 3.8) is 0 Å². The Balaban J connectivity index is 2.08. The number of amides is 1. The summed E-state index contributed by atoms with van der Waals surface area (Å²) in [5, 5.41) is 0. The van der Waals surface area contributed by atoms with Crippen LogP contribution in [0.15, 0.2) is 33.6 Å². The number of nitrogens with zero attached hydrogens (tertiary/aromatic N) is 2. The monoisotopic (exact) mass is 520 g/mol. The van der Waals surface area contributed by atoms with Crippen LogP contribution in [-0.2, 0) is 25.9 Å². The summed E-state index contributed by atoms with van der Waals surface area (Å²) in [7, 11) is -4.56. The Bertz CT molecular complexity index is 1220. The normalized spacial score (nSPS) is 18.9. The molecule has 2 aromatic rings. The Labute approximate surface area is 200 Å². The van der Waals surface area contributed by atoms with Crippen molar-refractivity contribution in [3.05, 3.63) is 51.5 Å². The molecule has 1 aromatic carbocycles. The zero-order valence-electron chi connectivity index (χ0n) is 19.5. The molecule has 0 spiro atoms. The average molecular weight is 521 g/mol. The van der Waals surface area contributed by atoms with Crippen molar-refractivity contribution in [2.24, 2.45) is 0 Å². The highest BCUT2D eigenvalue weighted by atomic mass is 32.2. The van der Waals surface area contributed by atoms with Crippen LogP contribution in [0.25, 0.3) is 0 Å². The highest BCUT2D eigenvalue weighted by Gasteiger charge is 2.53. The minimum Gasteiger partial charge on any atom is -0.449 e. The molecule has 1 aromatic heterocycles. The number of anilines is 1. The first-order valence-corrected chi connectivity index (χ1v) is 12.5. The molecule has 1 aliphatic carbocycles. The van der Waals surface area contributed by atoms with Crippen LogP contribution >= 0.6 is 0 Å². The summed E-state index contributed by atoms with van der Waals surface area (Å²) in [5.41, 5.74) is -6.47. The fourth-order valence-electron chi connectivity index (χ4n) is 4.29. The van der Waals surface area contributed by atoms with Crippen LogP contribution in [0, 0.1) is 6.92 Å². The molecule has 0 aliphatic heterocycles. The number of methoxy groups -OCH3 is 1. The van der Waals surface area contributed by atoms with Crippen LogP contribution in [-0.4, -0.2) is 44.6 Å². The van der Waals surface area contributed by atoms with Crippen molar-refractivity contribution >= 4 is 21.8 Å². The van der Waals surface area contributed by atoms with Gasteiger partial charge in [-0.15, -0.1) is 0 Å². The second kappa shape index (κ2) is 10.4. The standard InChI is InChI=1S/C22H27F3N2O7S/c1-4-33-21(29)27(35(30,31)22(23,24)25)17-10-6-5-9-15(17)13-16-14(2)26(34-20(16)28)18-11-7-8-12-19(18)32-3/h5-6,9-10,18-19H,4,7-8,11-13H2,1-3H3. The smallest absolute Gasteiger partial charge is 0.449 e. The highest BCUT2D eigenvalue weighted by Crippen LogP contribution is 2.35. The van der Waals surface area contributed by atoms with Crippen LogP contribution < -0.4 is 9.93 Å². The van der Waals surface area contributed by atoms with E-state index in [1.807, 2.05) is 0 Å². The molecule has 13 heteroatoms. The van der Waals surface area contributed by atoms with Crippen molar-refractivity contribution in [1.29, 1.82) is 0 Å². The number of para-hydroxylation sites is 1. The summed E-state index contributed by atoms with van der Waals surface area (Å²) in [6.07, 6.45) is 1.23. The van der Waals surface area contributed by atoms with Gasteiger partial charge in [0.15, 0.2) is 0 Å². The van der Waals surface area contributed by atoms with Crippen molar-refractivity contribution < 1.29 is 40.4 Å². The number of ether oxygens (including phenoxy) is 2. The van der Waals surface area contributed by atoms with E-state index >= 15 is 0 Å². The van der Waals surface area contributed by atoms with Gasteiger partial charge in [0.2, 0.25) is 0 Å². The van der Waals surface area contributed by atoms with Gasteiger partial charge in [0.05, 0.1) is 35.7 Å². The molecule has 35 heavy (non-hydrogen) atoms. The number of hydrogen-bond donors (Lipinski definition) is 0. The van der Waals surface area contributed by atoms with Gasteiger partial charge in [-0.25, -0.2) is 14.3 Å². The summed E-state index contributed by atoms with van der Waals surface area (Å²) in [4.78, 5) is 25.1. The van der Waals surface area contributed by atoms with E-state index in [9.17, 15) is 31.2 Å². The molecule has 1 amide bonds. The molecule has 194 valence electrons. The summed E-state index contributed by atoms with van der Waals surface area (Å²) >= 11 is 0. The van der Waals surface area contributed by atoms with E-state index in [1.165, 1.54) is 29.9 Å². The van der Waals surface area contributed by atoms with E-state index < -0.39 is 37.2 Å². The van der Waals surface area contributed by atoms with Gasteiger partial charge in [-0.3, -0.25) is 0 Å². The van der Waals surface area contributed by atoms with Crippen LogP contribution in [0.1, 0.15) is 55.5 Å². The van der Waals surface area contributed by atoms with Crippen molar-refractivity contribution in [2.45, 2.75) is 63.6 Å². The third-order valence-electron chi connectivity index (χ3n) is 6.01. The van der Waals surface area contributed by atoms with Gasteiger partial charge in [0, 0.05) is 13.5 Å². The molecule has 9 nitrogen and oxygen atoms in total. The Kier molecular flexibility index (Phi) is 8.00. The topological polar surface area (TPSA) is 108 Å². The molecule has 0 N–H and O–H groups in total. The third-order valence-corrected chi connectivity index (χ3v) is 7.42. The molecular formula is C22H27F3N2O7S. The maximum Gasteiger partial charge on any atom is 0.517 e. The van der Waals surface area contributed by atoms with Crippen molar-refractivity contribution in [2.75, 3.05) is 18.0 Å². The summed E-state index contributed by atoms with van der Waals surface area (Å²) in [6.45, 7) is 2.62. The van der Waals surface area contributed by atoms with Crippen LogP contribution in [0.4, 0.5) is 23.7 Å². The fourth-order valence-corrected chi connectivity index (χ4v) is 5.18. The number of benzene rings is 1. The van der Waals surface area contributed by atoms with Gasteiger partial charge < -0.3 is 14.0 Å². The van der Waals surface area contributed by atoms with Gasteiger partial charge in [0.1, 0.15) is 0 Å². The molecule has 1 aliphatic rings. The number of carbonyl (C=O) groups excluding carboxylic acids is 1. The Morgan fingerprint density at radius 3 is 2.51 bits per heavy atom. The molecule has 2 unspecified atom stereocenters. The predicted octanol–water partition coefficient (Wildman–Crippen LogP) is 4.28. The second-order valence-corrected chi connectivity index (χ2v) is 9.89. The molecule has 0 bridgehead atoms. The Hall–Kier alpha value is -2.80. The van der Waals surface area contributed by atoms with E-state index in [0.717, 1.165) is 25.3 Å². The maximum atomic E-state index is 13.4. The molecule has 3 rings (SSSR count). The SMILES string of the molecule is CCOC(=O)N(c1ccccc1Cc1c(C)n(C2CCCCC2OC)oc1=O)S(=O)(=O)C(F)(F)F. The van der Waals surface area contributed by atoms with Gasteiger partial charge >= 0.3 is 27.3 Å². The molecule has 0 saturated heterocycles. The number of halogens is 3. The summed E-state index contributed by atoms with van der Waals surface area (Å²) in [6, 6.07) is 4.89. The highest BCUT2D eigenvalue weighted by molar-refractivity contribution is 7.94. The van der Waals surface area contributed by atoms with Crippen LogP contribution in [0.3, 0.4) is 0 Å². The zero-order chi connectivity index (χ0) is 26.0. The number of carbonyl (C=O) groups is 1. The molecule has 1 saturated carbocycles. The second-order valence-electron chi connectivity index (χ2n) is 8.11. The zero-order valence-corrected chi connectivity index (χ0v) is 20.3. The lowest BCUT2D eigenvalue weighted by atomic mass is 9.92.